The maximum Gasteiger partial charge on any atom is 0.235 e. The van der Waals surface area contributed by atoms with Crippen LogP contribution in [0.15, 0.2) is 57.5 Å². The molecule has 0 aromatic heterocycles. The Balaban J connectivity index is 2.41. The van der Waals surface area contributed by atoms with Gasteiger partial charge in [0.15, 0.2) is 0 Å². The molecule has 18 heavy (non-hydrogen) atoms. The van der Waals surface area contributed by atoms with Crippen LogP contribution in [0.5, 0.6) is 0 Å². The minimum atomic E-state index is -0.527. The Kier molecular flexibility index (Phi) is 4.09. The second kappa shape index (κ2) is 5.59. The summed E-state index contributed by atoms with van der Waals surface area (Å²) in [7, 11) is 0. The fourth-order valence-electron chi connectivity index (χ4n) is 1.55. The lowest BCUT2D eigenvalue weighted by Crippen LogP contribution is -2.15. The minimum absolute atomic E-state index is 0.353. The highest BCUT2D eigenvalue weighted by Gasteiger charge is 2.22. The Morgan fingerprint density at radius 3 is 1.83 bits per heavy atom. The van der Waals surface area contributed by atoms with Gasteiger partial charge in [-0.05, 0) is 44.0 Å². The highest BCUT2D eigenvalue weighted by atomic mass is 79.9. The number of benzene rings is 2. The van der Waals surface area contributed by atoms with Crippen molar-refractivity contribution in [2.45, 2.75) is 0 Å². The molecule has 0 heterocycles. The van der Waals surface area contributed by atoms with E-state index in [-0.39, 0.29) is 0 Å². The van der Waals surface area contributed by atoms with Crippen molar-refractivity contribution in [2.75, 3.05) is 0 Å². The van der Waals surface area contributed by atoms with E-state index in [0.29, 0.717) is 20.1 Å². The zero-order valence-corrected chi connectivity index (χ0v) is 12.4. The largest absolute Gasteiger partial charge is 0.285 e. The van der Waals surface area contributed by atoms with E-state index in [1.54, 1.807) is 48.5 Å². The van der Waals surface area contributed by atoms with Crippen LogP contribution < -0.4 is 0 Å². The van der Waals surface area contributed by atoms with Crippen LogP contribution in [0.1, 0.15) is 20.7 Å². The van der Waals surface area contributed by atoms with Gasteiger partial charge >= 0.3 is 0 Å². The molecule has 4 heteroatoms. The van der Waals surface area contributed by atoms with Crippen LogP contribution in [-0.2, 0) is 0 Å². The normalized spacial score (nSPS) is 10.1. The predicted molar refractivity (Wildman–Crippen MR) is 76.9 cm³/mol. The highest BCUT2D eigenvalue weighted by molar-refractivity contribution is 9.11. The standard InChI is InChI=1S/C14H8Br2O2/c15-10-7-4-8-11(16)12(10)14(18)13(17)9-5-2-1-3-6-9/h1-8H. The number of hydrogen-bond donors (Lipinski definition) is 0. The molecule has 0 aliphatic rings. The molecule has 0 saturated heterocycles. The van der Waals surface area contributed by atoms with Crippen molar-refractivity contribution in [3.63, 3.8) is 0 Å². The first kappa shape index (κ1) is 13.2. The molecule has 2 rings (SSSR count). The van der Waals surface area contributed by atoms with Gasteiger partial charge in [0.1, 0.15) is 0 Å². The lowest BCUT2D eigenvalue weighted by molar-refractivity contribution is 0.0816. The Bertz CT molecular complexity index is 586. The van der Waals surface area contributed by atoms with Gasteiger partial charge in [-0.2, -0.15) is 0 Å². The zero-order valence-electron chi connectivity index (χ0n) is 9.19. The molecule has 0 radical (unpaired) electrons. The monoisotopic (exact) mass is 366 g/mol. The van der Waals surface area contributed by atoms with Crippen LogP contribution in [0.3, 0.4) is 0 Å². The van der Waals surface area contributed by atoms with Crippen molar-refractivity contribution >= 4 is 43.4 Å². The summed E-state index contributed by atoms with van der Waals surface area (Å²) in [6, 6.07) is 13.8. The Hall–Kier alpha value is -1.26. The van der Waals surface area contributed by atoms with Gasteiger partial charge in [0.05, 0.1) is 5.56 Å². The molecule has 0 spiro atoms. The van der Waals surface area contributed by atoms with Gasteiger partial charge in [0.25, 0.3) is 0 Å². The Morgan fingerprint density at radius 2 is 1.28 bits per heavy atom. The smallest absolute Gasteiger partial charge is 0.235 e. The zero-order chi connectivity index (χ0) is 13.1. The molecule has 0 aliphatic heterocycles. The lowest BCUT2D eigenvalue weighted by atomic mass is 10.0. The number of hydrogen-bond acceptors (Lipinski definition) is 2. The van der Waals surface area contributed by atoms with Crippen LogP contribution in [0, 0.1) is 0 Å². The van der Waals surface area contributed by atoms with Crippen molar-refractivity contribution in [1.82, 2.24) is 0 Å². The van der Waals surface area contributed by atoms with Gasteiger partial charge in [-0.15, -0.1) is 0 Å². The summed E-state index contributed by atoms with van der Waals surface area (Å²) in [6.07, 6.45) is 0. The van der Waals surface area contributed by atoms with Gasteiger partial charge in [-0.1, -0.05) is 36.4 Å². The summed E-state index contributed by atoms with van der Waals surface area (Å²) in [5, 5.41) is 0. The molecule has 0 bridgehead atoms. The molecule has 0 N–H and O–H groups in total. The van der Waals surface area contributed by atoms with E-state index in [1.807, 2.05) is 0 Å². The molecular weight excluding hydrogens is 360 g/mol. The summed E-state index contributed by atoms with van der Waals surface area (Å²) < 4.78 is 1.21. The molecule has 2 nitrogen and oxygen atoms in total. The maximum absolute atomic E-state index is 12.2. The molecule has 0 aliphatic carbocycles. The first-order valence-corrected chi connectivity index (χ1v) is 6.78. The third-order valence-corrected chi connectivity index (χ3v) is 3.75. The van der Waals surface area contributed by atoms with Gasteiger partial charge in [0, 0.05) is 14.5 Å². The molecule has 2 aromatic rings. The SMILES string of the molecule is O=C(C(=O)c1c(Br)cccc1Br)c1ccccc1. The van der Waals surface area contributed by atoms with E-state index >= 15 is 0 Å². The van der Waals surface area contributed by atoms with Crippen LogP contribution >= 0.6 is 31.9 Å². The molecule has 0 saturated carbocycles. The maximum atomic E-state index is 12.2. The molecule has 0 fully saturated rings. The van der Waals surface area contributed by atoms with Crippen LogP contribution in [-0.4, -0.2) is 11.6 Å². The molecule has 2 aromatic carbocycles. The molecule has 90 valence electrons. The number of halogens is 2. The van der Waals surface area contributed by atoms with E-state index < -0.39 is 11.6 Å². The van der Waals surface area contributed by atoms with Crippen molar-refractivity contribution in [3.05, 3.63) is 68.6 Å². The molecule has 0 unspecified atom stereocenters. The van der Waals surface area contributed by atoms with Crippen molar-refractivity contribution in [2.24, 2.45) is 0 Å². The average Bonchev–Trinajstić information content (AvgIpc) is 2.38. The summed E-state index contributed by atoms with van der Waals surface area (Å²) in [6.45, 7) is 0. The second-order valence-electron chi connectivity index (χ2n) is 3.62. The van der Waals surface area contributed by atoms with Crippen molar-refractivity contribution in [1.29, 1.82) is 0 Å². The average molecular weight is 368 g/mol. The Labute approximate surface area is 121 Å². The number of ketones is 2. The predicted octanol–water partition coefficient (Wildman–Crippen LogP) is 4.28. The number of carbonyl (C=O) groups is 2. The number of carbonyl (C=O) groups excluding carboxylic acids is 2. The first-order chi connectivity index (χ1) is 8.61. The lowest BCUT2D eigenvalue weighted by Gasteiger charge is -2.05. The van der Waals surface area contributed by atoms with Crippen LogP contribution in [0.25, 0.3) is 0 Å². The second-order valence-corrected chi connectivity index (χ2v) is 5.33. The van der Waals surface area contributed by atoms with Gasteiger partial charge in [-0.25, -0.2) is 0 Å². The fraction of sp³-hybridized carbons (Fsp3) is 0. The quantitative estimate of drug-likeness (QED) is 0.599. The fourth-order valence-corrected chi connectivity index (χ4v) is 2.91. The van der Waals surface area contributed by atoms with Gasteiger partial charge < -0.3 is 0 Å². The van der Waals surface area contributed by atoms with Crippen LogP contribution in [0.4, 0.5) is 0 Å². The molecule has 0 atom stereocenters. The van der Waals surface area contributed by atoms with Crippen molar-refractivity contribution in [3.8, 4) is 0 Å². The first-order valence-electron chi connectivity index (χ1n) is 5.19. The van der Waals surface area contributed by atoms with E-state index in [0.717, 1.165) is 0 Å². The Morgan fingerprint density at radius 1 is 0.722 bits per heavy atom. The van der Waals surface area contributed by atoms with E-state index in [4.69, 9.17) is 0 Å². The highest BCUT2D eigenvalue weighted by Crippen LogP contribution is 2.26. The van der Waals surface area contributed by atoms with Crippen molar-refractivity contribution < 1.29 is 9.59 Å². The third-order valence-electron chi connectivity index (χ3n) is 2.43. The third kappa shape index (κ3) is 2.60. The number of rotatable bonds is 3. The van der Waals surface area contributed by atoms with E-state index in [9.17, 15) is 9.59 Å². The summed E-state index contributed by atoms with van der Waals surface area (Å²) in [5.74, 6) is -1.04. The van der Waals surface area contributed by atoms with Gasteiger partial charge in [-0.3, -0.25) is 9.59 Å². The molecular formula is C14H8Br2O2. The molecule has 0 amide bonds. The summed E-state index contributed by atoms with van der Waals surface area (Å²) in [4.78, 5) is 24.2. The van der Waals surface area contributed by atoms with Crippen LogP contribution in [0.2, 0.25) is 0 Å². The van der Waals surface area contributed by atoms with E-state index in [1.165, 1.54) is 0 Å². The van der Waals surface area contributed by atoms with E-state index in [2.05, 4.69) is 31.9 Å². The minimum Gasteiger partial charge on any atom is -0.285 e. The summed E-state index contributed by atoms with van der Waals surface area (Å²) >= 11 is 6.57. The van der Waals surface area contributed by atoms with Gasteiger partial charge in [0.2, 0.25) is 11.6 Å². The summed E-state index contributed by atoms with van der Waals surface area (Å²) in [5.41, 5.74) is 0.747. The number of Topliss-reactive ketones (excluding diaryl/α,β-unsaturated/α-hetero) is 2. The topological polar surface area (TPSA) is 34.1 Å².